The largest absolute Gasteiger partial charge is 0.457 e. The molecule has 4 heteroatoms. The smallest absolute Gasteiger partial charge is 0.152 e. The summed E-state index contributed by atoms with van der Waals surface area (Å²) in [4.78, 5) is 2.48. The standard InChI is InChI=1S/C17H20ClNO2/c1-19-12-5-6-13(19)8-11(7-12)16(20)15-9-10-3-2-4-14(18)17(10)21-15/h2-4,9,11-13,16,20H,5-8H2,1H3. The molecule has 2 bridgehead atoms. The van der Waals surface area contributed by atoms with Gasteiger partial charge in [0.15, 0.2) is 5.58 Å². The molecule has 4 rings (SSSR count). The quantitative estimate of drug-likeness (QED) is 0.911. The number of benzene rings is 1. The molecule has 0 saturated carbocycles. The van der Waals surface area contributed by atoms with Crippen molar-refractivity contribution in [3.8, 4) is 0 Å². The number of nitrogens with zero attached hydrogens (tertiary/aromatic N) is 1. The van der Waals surface area contributed by atoms with Crippen LogP contribution in [0.1, 0.15) is 37.5 Å². The highest BCUT2D eigenvalue weighted by Gasteiger charge is 2.41. The average molecular weight is 306 g/mol. The van der Waals surface area contributed by atoms with Crippen LogP contribution in [0.5, 0.6) is 0 Å². The van der Waals surface area contributed by atoms with Crippen molar-refractivity contribution in [2.75, 3.05) is 7.05 Å². The van der Waals surface area contributed by atoms with E-state index in [1.807, 2.05) is 24.3 Å². The second-order valence-corrected chi connectivity index (χ2v) is 6.94. The molecule has 0 aliphatic carbocycles. The van der Waals surface area contributed by atoms with E-state index in [-0.39, 0.29) is 5.92 Å². The van der Waals surface area contributed by atoms with Gasteiger partial charge in [-0.05, 0) is 50.8 Å². The van der Waals surface area contributed by atoms with Gasteiger partial charge in [0, 0.05) is 17.5 Å². The molecule has 0 radical (unpaired) electrons. The summed E-state index contributed by atoms with van der Waals surface area (Å²) >= 11 is 6.15. The number of hydrogen-bond donors (Lipinski definition) is 1. The lowest BCUT2D eigenvalue weighted by atomic mass is 9.85. The lowest BCUT2D eigenvalue weighted by molar-refractivity contribution is 0.0244. The second kappa shape index (κ2) is 5.01. The SMILES string of the molecule is CN1C2CCC1CC(C(O)c1cc3cccc(Cl)c3o1)C2. The van der Waals surface area contributed by atoms with Gasteiger partial charge in [-0.25, -0.2) is 0 Å². The Hall–Kier alpha value is -1.03. The van der Waals surface area contributed by atoms with Gasteiger partial charge in [0.2, 0.25) is 0 Å². The Balaban J connectivity index is 1.62. The van der Waals surface area contributed by atoms with E-state index in [4.69, 9.17) is 16.0 Å². The van der Waals surface area contributed by atoms with Crippen LogP contribution >= 0.6 is 11.6 Å². The van der Waals surface area contributed by atoms with Gasteiger partial charge in [-0.1, -0.05) is 23.7 Å². The summed E-state index contributed by atoms with van der Waals surface area (Å²) in [5.41, 5.74) is 0.684. The first-order valence-electron chi connectivity index (χ1n) is 7.71. The van der Waals surface area contributed by atoms with Crippen molar-refractivity contribution in [3.05, 3.63) is 35.0 Å². The number of fused-ring (bicyclic) bond motifs is 3. The summed E-state index contributed by atoms with van der Waals surface area (Å²) in [6.07, 6.45) is 4.11. The normalized spacial score (nSPS) is 30.9. The first-order chi connectivity index (χ1) is 10.1. The van der Waals surface area contributed by atoms with E-state index in [1.165, 1.54) is 12.8 Å². The predicted molar refractivity (Wildman–Crippen MR) is 83.5 cm³/mol. The van der Waals surface area contributed by atoms with Gasteiger partial charge < -0.3 is 14.4 Å². The van der Waals surface area contributed by atoms with Crippen LogP contribution in [0.3, 0.4) is 0 Å². The van der Waals surface area contributed by atoms with Crippen molar-refractivity contribution in [1.29, 1.82) is 0 Å². The molecule has 3 atom stereocenters. The van der Waals surface area contributed by atoms with Crippen LogP contribution in [0.4, 0.5) is 0 Å². The lowest BCUT2D eigenvalue weighted by Crippen LogP contribution is -2.41. The third-order valence-electron chi connectivity index (χ3n) is 5.39. The number of para-hydroxylation sites is 1. The van der Waals surface area contributed by atoms with Crippen molar-refractivity contribution >= 4 is 22.6 Å². The van der Waals surface area contributed by atoms with Crippen molar-refractivity contribution in [3.63, 3.8) is 0 Å². The molecule has 1 N–H and O–H groups in total. The molecule has 112 valence electrons. The number of aliphatic hydroxyl groups is 1. The average Bonchev–Trinajstić information content (AvgIpc) is 2.97. The van der Waals surface area contributed by atoms with Gasteiger partial charge in [-0.2, -0.15) is 0 Å². The van der Waals surface area contributed by atoms with E-state index in [2.05, 4.69) is 11.9 Å². The van der Waals surface area contributed by atoms with Gasteiger partial charge in [-0.15, -0.1) is 0 Å². The fourth-order valence-electron chi connectivity index (χ4n) is 4.14. The maximum absolute atomic E-state index is 10.7. The first-order valence-corrected chi connectivity index (χ1v) is 8.09. The van der Waals surface area contributed by atoms with Crippen molar-refractivity contribution < 1.29 is 9.52 Å². The topological polar surface area (TPSA) is 36.6 Å². The zero-order valence-electron chi connectivity index (χ0n) is 12.1. The molecular weight excluding hydrogens is 286 g/mol. The molecule has 3 unspecified atom stereocenters. The molecule has 1 aromatic carbocycles. The molecule has 21 heavy (non-hydrogen) atoms. The summed E-state index contributed by atoms with van der Waals surface area (Å²) in [6, 6.07) is 8.88. The van der Waals surface area contributed by atoms with Gasteiger partial charge in [0.1, 0.15) is 11.9 Å². The van der Waals surface area contributed by atoms with E-state index in [0.29, 0.717) is 28.4 Å². The molecule has 2 aliphatic rings. The lowest BCUT2D eigenvalue weighted by Gasteiger charge is -2.37. The molecule has 2 fully saturated rings. The summed E-state index contributed by atoms with van der Waals surface area (Å²) in [5.74, 6) is 0.949. The number of aliphatic hydroxyl groups excluding tert-OH is 1. The second-order valence-electron chi connectivity index (χ2n) is 6.53. The number of halogens is 1. The molecule has 1 aromatic heterocycles. The molecule has 0 amide bonds. The van der Waals surface area contributed by atoms with Gasteiger partial charge in [-0.3, -0.25) is 0 Å². The highest BCUT2D eigenvalue weighted by molar-refractivity contribution is 6.34. The first kappa shape index (κ1) is 13.6. The number of rotatable bonds is 2. The van der Waals surface area contributed by atoms with E-state index in [1.54, 1.807) is 0 Å². The Bertz CT molecular complexity index is 654. The van der Waals surface area contributed by atoms with Crippen molar-refractivity contribution in [2.45, 2.75) is 43.9 Å². The molecule has 2 saturated heterocycles. The van der Waals surface area contributed by atoms with E-state index in [9.17, 15) is 5.11 Å². The summed E-state index contributed by atoms with van der Waals surface area (Å²) in [6.45, 7) is 0. The van der Waals surface area contributed by atoms with Crippen LogP contribution in [0.15, 0.2) is 28.7 Å². The van der Waals surface area contributed by atoms with Gasteiger partial charge in [0.05, 0.1) is 5.02 Å². The van der Waals surface area contributed by atoms with E-state index >= 15 is 0 Å². The number of hydrogen-bond acceptors (Lipinski definition) is 3. The van der Waals surface area contributed by atoms with E-state index < -0.39 is 6.10 Å². The number of piperidine rings is 1. The van der Waals surface area contributed by atoms with Gasteiger partial charge >= 0.3 is 0 Å². The molecule has 2 aromatic rings. The third-order valence-corrected chi connectivity index (χ3v) is 5.69. The highest BCUT2D eigenvalue weighted by atomic mass is 35.5. The fraction of sp³-hybridized carbons (Fsp3) is 0.529. The summed E-state index contributed by atoms with van der Waals surface area (Å²) < 4.78 is 5.84. The Morgan fingerprint density at radius 3 is 2.67 bits per heavy atom. The Morgan fingerprint density at radius 1 is 1.29 bits per heavy atom. The predicted octanol–water partition coefficient (Wildman–Crippen LogP) is 3.99. The Labute approximate surface area is 129 Å². The minimum absolute atomic E-state index is 0.290. The molecule has 3 nitrogen and oxygen atoms in total. The third kappa shape index (κ3) is 2.19. The zero-order chi connectivity index (χ0) is 14.6. The number of furan rings is 1. The van der Waals surface area contributed by atoms with Crippen LogP contribution in [0, 0.1) is 5.92 Å². The van der Waals surface area contributed by atoms with Crippen molar-refractivity contribution in [1.82, 2.24) is 4.90 Å². The van der Waals surface area contributed by atoms with Crippen LogP contribution in [0.2, 0.25) is 5.02 Å². The Kier molecular flexibility index (Phi) is 3.25. The van der Waals surface area contributed by atoms with Crippen LogP contribution in [0.25, 0.3) is 11.0 Å². The van der Waals surface area contributed by atoms with Gasteiger partial charge in [0.25, 0.3) is 0 Å². The highest BCUT2D eigenvalue weighted by Crippen LogP contribution is 2.43. The molecule has 0 spiro atoms. The van der Waals surface area contributed by atoms with Crippen LogP contribution in [-0.4, -0.2) is 29.1 Å². The molecular formula is C17H20ClNO2. The van der Waals surface area contributed by atoms with Crippen LogP contribution in [-0.2, 0) is 0 Å². The molecule has 2 aliphatic heterocycles. The Morgan fingerprint density at radius 2 is 2.00 bits per heavy atom. The zero-order valence-corrected chi connectivity index (χ0v) is 12.9. The molecule has 3 heterocycles. The summed E-state index contributed by atoms with van der Waals surface area (Å²) in [7, 11) is 2.21. The minimum Gasteiger partial charge on any atom is -0.457 e. The maximum Gasteiger partial charge on any atom is 0.152 e. The monoisotopic (exact) mass is 305 g/mol. The summed E-state index contributed by atoms with van der Waals surface area (Å²) in [5, 5.41) is 12.3. The van der Waals surface area contributed by atoms with Crippen LogP contribution < -0.4 is 0 Å². The fourth-order valence-corrected chi connectivity index (χ4v) is 4.36. The maximum atomic E-state index is 10.7. The minimum atomic E-state index is -0.523. The van der Waals surface area contributed by atoms with E-state index in [0.717, 1.165) is 18.2 Å². The van der Waals surface area contributed by atoms with Crippen molar-refractivity contribution in [2.24, 2.45) is 5.92 Å².